The number of nitrogens with zero attached hydrogens (tertiary/aromatic N) is 1. The summed E-state index contributed by atoms with van der Waals surface area (Å²) in [6.45, 7) is 2.21. The number of hydrogen-bond donors (Lipinski definition) is 0. The van der Waals surface area contributed by atoms with Gasteiger partial charge in [-0.15, -0.1) is 0 Å². The van der Waals surface area contributed by atoms with Gasteiger partial charge in [0.2, 0.25) is 0 Å². The van der Waals surface area contributed by atoms with E-state index in [9.17, 15) is 0 Å². The van der Waals surface area contributed by atoms with E-state index < -0.39 is 0 Å². The Bertz CT molecular complexity index is 834. The zero-order chi connectivity index (χ0) is 15.0. The summed E-state index contributed by atoms with van der Waals surface area (Å²) in [6.07, 6.45) is 0. The molecule has 1 aliphatic rings. The van der Waals surface area contributed by atoms with Gasteiger partial charge in [-0.1, -0.05) is 84.9 Å². The number of hydrogen-bond acceptors (Lipinski definition) is 1. The van der Waals surface area contributed by atoms with Gasteiger partial charge in [-0.25, -0.2) is 0 Å². The van der Waals surface area contributed by atoms with Crippen LogP contribution in [0.25, 0.3) is 0 Å². The molecule has 1 atom stereocenters. The molecule has 106 valence electrons. The van der Waals surface area contributed by atoms with E-state index in [1.54, 1.807) is 0 Å². The maximum Gasteiger partial charge on any atom is 0.109 e. The monoisotopic (exact) mass is 283 g/mol. The Kier molecular flexibility index (Phi) is 2.93. The minimum atomic E-state index is -0.316. The van der Waals surface area contributed by atoms with E-state index in [1.165, 1.54) is 22.3 Å². The van der Waals surface area contributed by atoms with Crippen LogP contribution in [0.3, 0.4) is 0 Å². The second-order valence-corrected chi connectivity index (χ2v) is 5.81. The molecule has 0 radical (unpaired) electrons. The molecule has 1 heterocycles. The molecule has 0 amide bonds. The summed E-state index contributed by atoms with van der Waals surface area (Å²) < 4.78 is 0. The summed E-state index contributed by atoms with van der Waals surface area (Å²) in [5, 5.41) is 0. The molecule has 22 heavy (non-hydrogen) atoms. The highest BCUT2D eigenvalue weighted by Crippen LogP contribution is 2.41. The van der Waals surface area contributed by atoms with Crippen molar-refractivity contribution in [1.29, 1.82) is 0 Å². The maximum absolute atomic E-state index is 5.15. The van der Waals surface area contributed by atoms with Crippen molar-refractivity contribution >= 4 is 5.71 Å². The highest BCUT2D eigenvalue weighted by molar-refractivity contribution is 6.16. The summed E-state index contributed by atoms with van der Waals surface area (Å²) in [5.74, 6) is 0. The molecule has 0 spiro atoms. The second kappa shape index (κ2) is 4.96. The molecule has 4 rings (SSSR count). The Balaban J connectivity index is 1.96. The first-order chi connectivity index (χ1) is 10.8. The fraction of sp³-hybridized carbons (Fsp3) is 0.0952. The van der Waals surface area contributed by atoms with E-state index in [4.69, 9.17) is 4.99 Å². The Hall–Kier alpha value is -2.67. The molecule has 0 bridgehead atoms. The average molecular weight is 283 g/mol. The van der Waals surface area contributed by atoms with Crippen molar-refractivity contribution in [1.82, 2.24) is 0 Å². The molecule has 0 fully saturated rings. The van der Waals surface area contributed by atoms with Crippen LogP contribution in [-0.2, 0) is 5.54 Å². The zero-order valence-corrected chi connectivity index (χ0v) is 12.5. The highest BCUT2D eigenvalue weighted by atomic mass is 14.9. The van der Waals surface area contributed by atoms with E-state index in [0.29, 0.717) is 0 Å². The van der Waals surface area contributed by atoms with Crippen molar-refractivity contribution in [3.63, 3.8) is 0 Å². The Morgan fingerprint density at radius 1 is 0.682 bits per heavy atom. The van der Waals surface area contributed by atoms with E-state index in [0.717, 1.165) is 5.71 Å². The highest BCUT2D eigenvalue weighted by Gasteiger charge is 2.37. The fourth-order valence-electron chi connectivity index (χ4n) is 3.26. The van der Waals surface area contributed by atoms with Crippen LogP contribution in [-0.4, -0.2) is 5.71 Å². The van der Waals surface area contributed by atoms with Gasteiger partial charge in [-0.05, 0) is 18.1 Å². The quantitative estimate of drug-likeness (QED) is 0.640. The first kappa shape index (κ1) is 13.0. The molecular formula is C21H17N. The Morgan fingerprint density at radius 3 is 2.00 bits per heavy atom. The van der Waals surface area contributed by atoms with Crippen LogP contribution in [0.2, 0.25) is 0 Å². The molecule has 0 saturated heterocycles. The van der Waals surface area contributed by atoms with Crippen LogP contribution in [0.1, 0.15) is 29.2 Å². The normalized spacial score (nSPS) is 19.6. The Morgan fingerprint density at radius 2 is 1.27 bits per heavy atom. The first-order valence-corrected chi connectivity index (χ1v) is 7.60. The van der Waals surface area contributed by atoms with Gasteiger partial charge in [-0.3, -0.25) is 4.99 Å². The summed E-state index contributed by atoms with van der Waals surface area (Å²) in [4.78, 5) is 5.15. The van der Waals surface area contributed by atoms with Crippen LogP contribution in [0.15, 0.2) is 89.9 Å². The van der Waals surface area contributed by atoms with Gasteiger partial charge in [0, 0.05) is 11.1 Å². The van der Waals surface area contributed by atoms with Gasteiger partial charge in [0.25, 0.3) is 0 Å². The fourth-order valence-corrected chi connectivity index (χ4v) is 3.26. The smallest absolute Gasteiger partial charge is 0.109 e. The third-order valence-corrected chi connectivity index (χ3v) is 4.43. The average Bonchev–Trinajstić information content (AvgIpc) is 2.91. The van der Waals surface area contributed by atoms with Gasteiger partial charge in [0.05, 0.1) is 5.71 Å². The third kappa shape index (κ3) is 1.90. The first-order valence-electron chi connectivity index (χ1n) is 7.60. The largest absolute Gasteiger partial charge is 0.268 e. The molecule has 3 aromatic rings. The molecule has 3 aromatic carbocycles. The number of fused-ring (bicyclic) bond motifs is 1. The molecule has 1 heteroatoms. The molecule has 0 N–H and O–H groups in total. The van der Waals surface area contributed by atoms with Gasteiger partial charge in [0.15, 0.2) is 0 Å². The SMILES string of the molecule is CC1(c2ccccc2)N=C(c2ccccc2)c2ccccc21. The van der Waals surface area contributed by atoms with Crippen LogP contribution in [0.4, 0.5) is 0 Å². The van der Waals surface area contributed by atoms with Crippen molar-refractivity contribution in [2.24, 2.45) is 4.99 Å². The van der Waals surface area contributed by atoms with E-state index >= 15 is 0 Å². The summed E-state index contributed by atoms with van der Waals surface area (Å²) in [5.41, 5.74) is 5.69. The topological polar surface area (TPSA) is 12.4 Å². The molecule has 0 aliphatic carbocycles. The van der Waals surface area contributed by atoms with E-state index in [1.807, 2.05) is 6.07 Å². The molecular weight excluding hydrogens is 266 g/mol. The van der Waals surface area contributed by atoms with E-state index in [-0.39, 0.29) is 5.54 Å². The minimum absolute atomic E-state index is 0.316. The second-order valence-electron chi connectivity index (χ2n) is 5.81. The zero-order valence-electron chi connectivity index (χ0n) is 12.5. The number of rotatable bonds is 2. The number of aliphatic imine (C=N–C) groups is 1. The predicted molar refractivity (Wildman–Crippen MR) is 91.4 cm³/mol. The molecule has 1 nitrogen and oxygen atoms in total. The van der Waals surface area contributed by atoms with Gasteiger partial charge in [0.1, 0.15) is 5.54 Å². The standard InChI is InChI=1S/C21H17N/c1-21(17-12-6-3-7-13-17)19-15-9-8-14-18(19)20(22-21)16-10-4-2-5-11-16/h2-15H,1H3. The van der Waals surface area contributed by atoms with Crippen LogP contribution in [0, 0.1) is 0 Å². The van der Waals surface area contributed by atoms with Gasteiger partial charge in [-0.2, -0.15) is 0 Å². The van der Waals surface area contributed by atoms with Crippen molar-refractivity contribution < 1.29 is 0 Å². The molecule has 0 aromatic heterocycles. The minimum Gasteiger partial charge on any atom is -0.268 e. The van der Waals surface area contributed by atoms with E-state index in [2.05, 4.69) is 85.8 Å². The van der Waals surface area contributed by atoms with Gasteiger partial charge >= 0.3 is 0 Å². The van der Waals surface area contributed by atoms with Crippen LogP contribution >= 0.6 is 0 Å². The van der Waals surface area contributed by atoms with Crippen LogP contribution in [0.5, 0.6) is 0 Å². The van der Waals surface area contributed by atoms with Crippen molar-refractivity contribution in [3.05, 3.63) is 107 Å². The summed E-state index contributed by atoms with van der Waals surface area (Å²) in [6, 6.07) is 29.5. The summed E-state index contributed by atoms with van der Waals surface area (Å²) >= 11 is 0. The molecule has 0 saturated carbocycles. The van der Waals surface area contributed by atoms with Crippen molar-refractivity contribution in [3.8, 4) is 0 Å². The summed E-state index contributed by atoms with van der Waals surface area (Å²) in [7, 11) is 0. The lowest BCUT2D eigenvalue weighted by Gasteiger charge is -2.23. The number of benzene rings is 3. The lowest BCUT2D eigenvalue weighted by molar-refractivity contribution is 0.621. The van der Waals surface area contributed by atoms with Crippen molar-refractivity contribution in [2.45, 2.75) is 12.5 Å². The lowest BCUT2D eigenvalue weighted by atomic mass is 9.84. The third-order valence-electron chi connectivity index (χ3n) is 4.43. The molecule has 1 aliphatic heterocycles. The Labute approximate surface area is 131 Å². The maximum atomic E-state index is 5.15. The predicted octanol–water partition coefficient (Wildman–Crippen LogP) is 4.80. The molecule has 1 unspecified atom stereocenters. The van der Waals surface area contributed by atoms with Crippen molar-refractivity contribution in [2.75, 3.05) is 0 Å². The lowest BCUT2D eigenvalue weighted by Crippen LogP contribution is -2.18. The van der Waals surface area contributed by atoms with Crippen LogP contribution < -0.4 is 0 Å². The van der Waals surface area contributed by atoms with Gasteiger partial charge < -0.3 is 0 Å².